The minimum atomic E-state index is -1.29. The second-order valence-corrected chi connectivity index (χ2v) is 12.4. The predicted octanol–water partition coefficient (Wildman–Crippen LogP) is 4.21. The van der Waals surface area contributed by atoms with E-state index < -0.39 is 46.3 Å². The molecule has 3 aliphatic heterocycles. The van der Waals surface area contributed by atoms with E-state index >= 15 is 0 Å². The first-order valence-corrected chi connectivity index (χ1v) is 15.5. The maximum atomic E-state index is 14.9. The van der Waals surface area contributed by atoms with Crippen LogP contribution in [0.15, 0.2) is 42.7 Å². The fourth-order valence-corrected chi connectivity index (χ4v) is 7.13. The Morgan fingerprint density at radius 3 is 2.70 bits per heavy atom. The molecule has 7 bridgehead atoms. The number of nitrogens with one attached hydrogen (secondary N) is 2. The van der Waals surface area contributed by atoms with Crippen molar-refractivity contribution in [2.75, 3.05) is 31.6 Å². The summed E-state index contributed by atoms with van der Waals surface area (Å²) in [6.07, 6.45) is 9.51. The molecule has 1 aromatic carbocycles. The quantitative estimate of drug-likeness (QED) is 0.389. The number of fused-ring (bicyclic) bond motifs is 4. The van der Waals surface area contributed by atoms with Crippen molar-refractivity contribution in [3.63, 3.8) is 0 Å². The van der Waals surface area contributed by atoms with Gasteiger partial charge in [0.1, 0.15) is 17.7 Å². The highest BCUT2D eigenvalue weighted by Crippen LogP contribution is 2.46. The Hall–Kier alpha value is -4.58. The van der Waals surface area contributed by atoms with Gasteiger partial charge in [0.25, 0.3) is 5.91 Å². The van der Waals surface area contributed by atoms with Crippen LogP contribution in [0.25, 0.3) is 6.08 Å². The number of hydrogen-bond acceptors (Lipinski definition) is 6. The van der Waals surface area contributed by atoms with Gasteiger partial charge in [-0.05, 0) is 67.5 Å². The average Bonchev–Trinajstić information content (AvgIpc) is 3.56. The predicted molar refractivity (Wildman–Crippen MR) is 161 cm³/mol. The highest BCUT2D eigenvalue weighted by Gasteiger charge is 2.52. The number of piperidine rings is 1. The molecule has 3 aromatic rings. The minimum absolute atomic E-state index is 0.00860. The molecule has 1 spiro atoms. The van der Waals surface area contributed by atoms with Gasteiger partial charge in [-0.15, -0.1) is 0 Å². The number of nitrogens with zero attached hydrogens (tertiary/aromatic N) is 3. The number of carbonyl (C=O) groups is 3. The molecule has 9 nitrogen and oxygen atoms in total. The van der Waals surface area contributed by atoms with Crippen molar-refractivity contribution in [2.24, 2.45) is 0 Å². The van der Waals surface area contributed by atoms with Gasteiger partial charge in [0, 0.05) is 61.2 Å². The van der Waals surface area contributed by atoms with Crippen molar-refractivity contribution in [1.82, 2.24) is 20.2 Å². The summed E-state index contributed by atoms with van der Waals surface area (Å²) in [5.74, 6) is -4.90. The zero-order valence-corrected chi connectivity index (χ0v) is 25.0. The fourth-order valence-electron chi connectivity index (χ4n) is 7.13. The standard InChI is InChI=1S/C34H32F3N5O4/c35-24-6-7-25(36)29(37)28(24)22-13-26-32(44)42(18-22)8-2-1-3-9-46-10-4-5-19-11-23-30(39-16-19)41-33(45)34(23)14-20-12-21(31(43)40-26)17-38-27(20)15-34/h4-7,11-12,16-17,22,26H,1-3,8-10,13-15,18H2,(H,40,43)(H,39,41,45)/b5-4+/t22?,26?,34-/m0/s1. The molecule has 7 rings (SSSR count). The Morgan fingerprint density at radius 1 is 0.978 bits per heavy atom. The van der Waals surface area contributed by atoms with Crippen LogP contribution in [0.2, 0.25) is 0 Å². The van der Waals surface area contributed by atoms with Gasteiger partial charge in [-0.1, -0.05) is 12.2 Å². The van der Waals surface area contributed by atoms with E-state index in [1.165, 1.54) is 11.1 Å². The first kappa shape index (κ1) is 30.1. The van der Waals surface area contributed by atoms with E-state index in [9.17, 15) is 27.6 Å². The van der Waals surface area contributed by atoms with Crippen LogP contribution in [0.5, 0.6) is 0 Å². The van der Waals surface area contributed by atoms with Crippen molar-refractivity contribution in [2.45, 2.75) is 55.9 Å². The van der Waals surface area contributed by atoms with Crippen LogP contribution in [0, 0.1) is 17.5 Å². The Balaban J connectivity index is 1.21. The number of hydrogen-bond donors (Lipinski definition) is 2. The molecule has 1 fully saturated rings. The second kappa shape index (κ2) is 12.0. The molecule has 3 amide bonds. The maximum Gasteiger partial charge on any atom is 0.253 e. The highest BCUT2D eigenvalue weighted by molar-refractivity contribution is 6.06. The molecule has 2 unspecified atom stereocenters. The summed E-state index contributed by atoms with van der Waals surface area (Å²) in [4.78, 5) is 51.0. The second-order valence-electron chi connectivity index (χ2n) is 12.4. The third-order valence-corrected chi connectivity index (χ3v) is 9.48. The van der Waals surface area contributed by atoms with E-state index in [1.54, 1.807) is 12.3 Å². The Kier molecular flexibility index (Phi) is 7.83. The molecule has 2 N–H and O–H groups in total. The van der Waals surface area contributed by atoms with Gasteiger partial charge < -0.3 is 20.3 Å². The number of benzene rings is 1. The van der Waals surface area contributed by atoms with Gasteiger partial charge in [-0.25, -0.2) is 18.2 Å². The van der Waals surface area contributed by atoms with Crippen LogP contribution in [-0.2, 0) is 32.6 Å². The normalized spacial score (nSPS) is 25.5. The van der Waals surface area contributed by atoms with Crippen molar-refractivity contribution in [3.05, 3.63) is 93.7 Å². The lowest BCUT2D eigenvalue weighted by Gasteiger charge is -2.38. The molecule has 5 heterocycles. The third kappa shape index (κ3) is 5.34. The smallest absolute Gasteiger partial charge is 0.253 e. The van der Waals surface area contributed by atoms with Crippen LogP contribution in [0.3, 0.4) is 0 Å². The summed E-state index contributed by atoms with van der Waals surface area (Å²) in [5, 5.41) is 5.65. The van der Waals surface area contributed by atoms with E-state index in [0.29, 0.717) is 50.5 Å². The fraction of sp³-hybridized carbons (Fsp3) is 0.382. The largest absolute Gasteiger partial charge is 0.377 e. The van der Waals surface area contributed by atoms with Crippen molar-refractivity contribution >= 4 is 29.6 Å². The summed E-state index contributed by atoms with van der Waals surface area (Å²) in [5.41, 5.74) is 1.85. The molecular weight excluding hydrogens is 599 g/mol. The van der Waals surface area contributed by atoms with E-state index in [2.05, 4.69) is 20.6 Å². The average molecular weight is 632 g/mol. The molecule has 1 saturated heterocycles. The first-order chi connectivity index (χ1) is 22.2. The SMILES string of the molecule is O=C1NC2CC(c3c(F)ccc(F)c3F)CN(CCCCCOC/C=C/c3cnc4c(c3)[C@@]3(Cc5cc1cnc5C3)C(=O)N4)C2=O. The Labute approximate surface area is 263 Å². The lowest BCUT2D eigenvalue weighted by Crippen LogP contribution is -2.54. The van der Waals surface area contributed by atoms with Crippen LogP contribution in [0.1, 0.15) is 69.9 Å². The van der Waals surface area contributed by atoms with E-state index in [-0.39, 0.29) is 30.3 Å². The van der Waals surface area contributed by atoms with Crippen LogP contribution in [-0.4, -0.2) is 64.9 Å². The summed E-state index contributed by atoms with van der Waals surface area (Å²) in [7, 11) is 0. The number of amides is 3. The topological polar surface area (TPSA) is 114 Å². The number of pyridine rings is 2. The third-order valence-electron chi connectivity index (χ3n) is 9.48. The number of aromatic nitrogens is 2. The molecule has 4 aliphatic rings. The number of halogens is 3. The van der Waals surface area contributed by atoms with Crippen LogP contribution in [0.4, 0.5) is 19.0 Å². The molecule has 238 valence electrons. The van der Waals surface area contributed by atoms with E-state index in [1.807, 2.05) is 18.2 Å². The van der Waals surface area contributed by atoms with E-state index in [4.69, 9.17) is 4.74 Å². The van der Waals surface area contributed by atoms with Gasteiger partial charge in [-0.3, -0.25) is 19.4 Å². The lowest BCUT2D eigenvalue weighted by atomic mass is 9.79. The maximum absolute atomic E-state index is 14.9. The van der Waals surface area contributed by atoms with Gasteiger partial charge in [0.2, 0.25) is 11.8 Å². The summed E-state index contributed by atoms with van der Waals surface area (Å²) >= 11 is 0. The van der Waals surface area contributed by atoms with Gasteiger partial charge in [-0.2, -0.15) is 0 Å². The highest BCUT2D eigenvalue weighted by atomic mass is 19.2. The zero-order valence-electron chi connectivity index (χ0n) is 25.0. The van der Waals surface area contributed by atoms with Crippen LogP contribution < -0.4 is 10.6 Å². The molecule has 1 aliphatic carbocycles. The number of ether oxygens (including phenoxy) is 1. The summed E-state index contributed by atoms with van der Waals surface area (Å²) in [6.45, 7) is 1.17. The van der Waals surface area contributed by atoms with Crippen molar-refractivity contribution in [3.8, 4) is 0 Å². The molecule has 0 radical (unpaired) electrons. The van der Waals surface area contributed by atoms with E-state index in [0.717, 1.165) is 41.7 Å². The zero-order chi connectivity index (χ0) is 32.0. The molecular formula is C34H32F3N5O4. The molecule has 0 saturated carbocycles. The molecule has 12 heteroatoms. The van der Waals surface area contributed by atoms with Crippen molar-refractivity contribution in [1.29, 1.82) is 0 Å². The van der Waals surface area contributed by atoms with Gasteiger partial charge in [0.05, 0.1) is 17.6 Å². The summed E-state index contributed by atoms with van der Waals surface area (Å²) in [6, 6.07) is 4.13. The number of rotatable bonds is 1. The number of carbonyl (C=O) groups excluding carboxylic acids is 3. The monoisotopic (exact) mass is 631 g/mol. The first-order valence-electron chi connectivity index (χ1n) is 15.5. The van der Waals surface area contributed by atoms with Crippen LogP contribution >= 0.6 is 0 Å². The molecule has 2 aromatic heterocycles. The Morgan fingerprint density at radius 2 is 1.83 bits per heavy atom. The Bertz CT molecular complexity index is 1780. The van der Waals surface area contributed by atoms with Crippen molar-refractivity contribution < 1.29 is 32.3 Å². The molecule has 3 atom stereocenters. The lowest BCUT2D eigenvalue weighted by molar-refractivity contribution is -0.136. The summed E-state index contributed by atoms with van der Waals surface area (Å²) < 4.78 is 49.7. The van der Waals surface area contributed by atoms with Gasteiger partial charge >= 0.3 is 0 Å². The minimum Gasteiger partial charge on any atom is -0.377 e. The molecule has 46 heavy (non-hydrogen) atoms. The number of anilines is 1. The van der Waals surface area contributed by atoms with Gasteiger partial charge in [0.15, 0.2) is 11.6 Å².